The Kier molecular flexibility index (Phi) is 7.43. The van der Waals surface area contributed by atoms with Crippen LogP contribution in [0.2, 0.25) is 0 Å². The summed E-state index contributed by atoms with van der Waals surface area (Å²) in [7, 11) is 0. The van der Waals surface area contributed by atoms with Crippen molar-refractivity contribution in [3.8, 4) is 5.75 Å². The first-order valence-electron chi connectivity index (χ1n) is 13.5. The van der Waals surface area contributed by atoms with E-state index in [1.54, 1.807) is 6.07 Å². The molecule has 7 heteroatoms. The van der Waals surface area contributed by atoms with Gasteiger partial charge in [0.1, 0.15) is 18.2 Å². The number of morpholine rings is 1. The maximum absolute atomic E-state index is 14.7. The molecule has 0 bridgehead atoms. The molecule has 0 spiro atoms. The molecule has 1 fully saturated rings. The van der Waals surface area contributed by atoms with Crippen LogP contribution in [0, 0.1) is 5.82 Å². The zero-order valence-electron chi connectivity index (χ0n) is 21.9. The number of amides is 1. The first-order valence-corrected chi connectivity index (χ1v) is 13.5. The summed E-state index contributed by atoms with van der Waals surface area (Å²) in [5, 5.41) is 4.80. The van der Waals surface area contributed by atoms with Crippen LogP contribution in [0.25, 0.3) is 10.8 Å². The van der Waals surface area contributed by atoms with Gasteiger partial charge in [-0.25, -0.2) is 4.39 Å². The van der Waals surface area contributed by atoms with Gasteiger partial charge in [-0.15, -0.1) is 0 Å². The van der Waals surface area contributed by atoms with E-state index in [1.165, 1.54) is 23.3 Å². The van der Waals surface area contributed by atoms with Crippen molar-refractivity contribution >= 4 is 28.1 Å². The molecule has 0 aliphatic carbocycles. The predicted molar refractivity (Wildman–Crippen MR) is 152 cm³/mol. The third kappa shape index (κ3) is 5.75. The Morgan fingerprint density at radius 3 is 2.51 bits per heavy atom. The highest BCUT2D eigenvalue weighted by atomic mass is 19.1. The maximum atomic E-state index is 14.7. The molecule has 1 saturated heterocycles. The van der Waals surface area contributed by atoms with Crippen LogP contribution in [0.5, 0.6) is 5.75 Å². The Labute approximate surface area is 227 Å². The molecule has 2 aliphatic heterocycles. The van der Waals surface area contributed by atoms with E-state index in [4.69, 9.17) is 9.47 Å². The molecular weight excluding hydrogens is 493 g/mol. The first-order chi connectivity index (χ1) is 19.1. The normalized spacial score (nSPS) is 15.7. The van der Waals surface area contributed by atoms with Crippen molar-refractivity contribution in [1.29, 1.82) is 0 Å². The fourth-order valence-electron chi connectivity index (χ4n) is 5.41. The number of hydrogen-bond acceptors (Lipinski definition) is 5. The highest BCUT2D eigenvalue weighted by Gasteiger charge is 2.19. The van der Waals surface area contributed by atoms with Crippen molar-refractivity contribution in [3.63, 3.8) is 0 Å². The number of nitrogens with zero attached hydrogens (tertiary/aromatic N) is 2. The highest BCUT2D eigenvalue weighted by molar-refractivity contribution is 6.10. The van der Waals surface area contributed by atoms with Crippen molar-refractivity contribution in [2.45, 2.75) is 13.0 Å². The number of hydrogen-bond donors (Lipinski definition) is 1. The third-order valence-corrected chi connectivity index (χ3v) is 7.54. The van der Waals surface area contributed by atoms with Crippen molar-refractivity contribution in [3.05, 3.63) is 101 Å². The minimum absolute atomic E-state index is 0.291. The number of carbonyl (C=O) groups excluding carboxylic acids is 1. The Morgan fingerprint density at radius 1 is 0.897 bits per heavy atom. The van der Waals surface area contributed by atoms with Crippen molar-refractivity contribution in [2.75, 3.05) is 56.2 Å². The van der Waals surface area contributed by atoms with Crippen LogP contribution in [-0.4, -0.2) is 56.8 Å². The monoisotopic (exact) mass is 525 g/mol. The van der Waals surface area contributed by atoms with Gasteiger partial charge in [-0.05, 0) is 47.9 Å². The van der Waals surface area contributed by atoms with Crippen molar-refractivity contribution in [2.24, 2.45) is 0 Å². The summed E-state index contributed by atoms with van der Waals surface area (Å²) in [6.07, 6.45) is 0.890. The number of rotatable bonds is 7. The van der Waals surface area contributed by atoms with Crippen molar-refractivity contribution in [1.82, 2.24) is 4.90 Å². The van der Waals surface area contributed by atoms with Crippen LogP contribution in [0.15, 0.2) is 78.9 Å². The first kappa shape index (κ1) is 25.3. The second-order valence-corrected chi connectivity index (χ2v) is 10.1. The molecule has 2 heterocycles. The fraction of sp³-hybridized carbons (Fsp3) is 0.281. The van der Waals surface area contributed by atoms with Crippen LogP contribution in [0.4, 0.5) is 15.8 Å². The van der Waals surface area contributed by atoms with Gasteiger partial charge in [-0.3, -0.25) is 9.69 Å². The van der Waals surface area contributed by atoms with E-state index in [0.29, 0.717) is 30.1 Å². The van der Waals surface area contributed by atoms with E-state index in [1.807, 2.05) is 48.5 Å². The molecule has 4 aromatic carbocycles. The van der Waals surface area contributed by atoms with Gasteiger partial charge < -0.3 is 19.7 Å². The Morgan fingerprint density at radius 2 is 1.67 bits per heavy atom. The number of benzene rings is 4. The second kappa shape index (κ2) is 11.4. The van der Waals surface area contributed by atoms with Gasteiger partial charge in [0.15, 0.2) is 0 Å². The van der Waals surface area contributed by atoms with Gasteiger partial charge in [0.25, 0.3) is 5.91 Å². The number of halogens is 1. The SMILES string of the molecule is O=C(Nc1ccc(OCCN2CCOCC2)c2ccccc12)c1cc(F)cc(N2CCc3ccccc3C2)c1. The molecule has 4 aromatic rings. The lowest BCUT2D eigenvalue weighted by Crippen LogP contribution is -2.38. The van der Waals surface area contributed by atoms with E-state index < -0.39 is 5.82 Å². The van der Waals surface area contributed by atoms with Gasteiger partial charge >= 0.3 is 0 Å². The molecule has 6 rings (SSSR count). The molecule has 1 amide bonds. The molecule has 0 aromatic heterocycles. The Hall–Kier alpha value is -3.94. The summed E-state index contributed by atoms with van der Waals surface area (Å²) in [5.74, 6) is -0.0000361. The molecule has 0 radical (unpaired) electrons. The zero-order valence-corrected chi connectivity index (χ0v) is 21.9. The Bertz CT molecular complexity index is 1490. The number of nitrogens with one attached hydrogen (secondary N) is 1. The number of carbonyl (C=O) groups is 1. The minimum Gasteiger partial charge on any atom is -0.492 e. The quantitative estimate of drug-likeness (QED) is 0.345. The van der Waals surface area contributed by atoms with Crippen LogP contribution in [-0.2, 0) is 17.7 Å². The minimum atomic E-state index is -0.426. The maximum Gasteiger partial charge on any atom is 0.255 e. The predicted octanol–water partition coefficient (Wildman–Crippen LogP) is 5.50. The molecule has 0 unspecified atom stereocenters. The van der Waals surface area contributed by atoms with Gasteiger partial charge in [0.05, 0.1) is 13.2 Å². The summed E-state index contributed by atoms with van der Waals surface area (Å²) in [5.41, 5.74) is 4.22. The summed E-state index contributed by atoms with van der Waals surface area (Å²) >= 11 is 0. The molecule has 1 N–H and O–H groups in total. The highest BCUT2D eigenvalue weighted by Crippen LogP contribution is 2.32. The molecular formula is C32H32FN3O3. The zero-order chi connectivity index (χ0) is 26.6. The van der Waals surface area contributed by atoms with Crippen LogP contribution >= 0.6 is 0 Å². The van der Waals surface area contributed by atoms with Crippen LogP contribution < -0.4 is 15.0 Å². The van der Waals surface area contributed by atoms with Gasteiger partial charge in [-0.2, -0.15) is 0 Å². The summed E-state index contributed by atoms with van der Waals surface area (Å²) < 4.78 is 26.3. The van der Waals surface area contributed by atoms with Crippen molar-refractivity contribution < 1.29 is 18.7 Å². The molecule has 6 nitrogen and oxygen atoms in total. The number of ether oxygens (including phenoxy) is 2. The van der Waals surface area contributed by atoms with Gasteiger partial charge in [-0.1, -0.05) is 48.5 Å². The largest absolute Gasteiger partial charge is 0.492 e. The Balaban J connectivity index is 1.18. The van der Waals surface area contributed by atoms with Gasteiger partial charge in [0, 0.05) is 60.4 Å². The molecule has 0 atom stereocenters. The summed E-state index contributed by atoms with van der Waals surface area (Å²) in [6, 6.07) is 24.5. The second-order valence-electron chi connectivity index (χ2n) is 10.1. The smallest absolute Gasteiger partial charge is 0.255 e. The van der Waals surface area contributed by atoms with Crippen LogP contribution in [0.1, 0.15) is 21.5 Å². The average molecular weight is 526 g/mol. The standard InChI is InChI=1S/C32H32FN3O3/c33-26-19-25(20-27(21-26)36-12-11-23-5-1-2-6-24(23)22-36)32(37)34-30-9-10-31(29-8-4-3-7-28(29)30)39-18-15-35-13-16-38-17-14-35/h1-10,19-21H,11-18,22H2,(H,34,37). The topological polar surface area (TPSA) is 54.0 Å². The molecule has 2 aliphatic rings. The molecule has 200 valence electrons. The van der Waals surface area contributed by atoms with Crippen LogP contribution in [0.3, 0.4) is 0 Å². The van der Waals surface area contributed by atoms with E-state index in [-0.39, 0.29) is 5.91 Å². The lowest BCUT2D eigenvalue weighted by molar-refractivity contribution is 0.0323. The van der Waals surface area contributed by atoms with E-state index >= 15 is 0 Å². The average Bonchev–Trinajstić information content (AvgIpc) is 2.98. The lowest BCUT2D eigenvalue weighted by atomic mass is 9.99. The molecule has 0 saturated carbocycles. The fourth-order valence-corrected chi connectivity index (χ4v) is 5.41. The van der Waals surface area contributed by atoms with Gasteiger partial charge in [0.2, 0.25) is 0 Å². The van der Waals surface area contributed by atoms with E-state index in [9.17, 15) is 9.18 Å². The number of anilines is 2. The van der Waals surface area contributed by atoms with E-state index in [2.05, 4.69) is 27.2 Å². The number of fused-ring (bicyclic) bond motifs is 2. The molecule has 39 heavy (non-hydrogen) atoms. The third-order valence-electron chi connectivity index (χ3n) is 7.54. The lowest BCUT2D eigenvalue weighted by Gasteiger charge is -2.31. The van der Waals surface area contributed by atoms with E-state index in [0.717, 1.165) is 62.3 Å². The summed E-state index contributed by atoms with van der Waals surface area (Å²) in [4.78, 5) is 17.8. The summed E-state index contributed by atoms with van der Waals surface area (Å²) in [6.45, 7) is 6.23.